The zero-order valence-electron chi connectivity index (χ0n) is 12.0. The average Bonchev–Trinajstić information content (AvgIpc) is 2.58. The Morgan fingerprint density at radius 2 is 2.16 bits per heavy atom. The molecule has 8 heteroatoms. The molecule has 0 aromatic heterocycles. The summed E-state index contributed by atoms with van der Waals surface area (Å²) in [6.07, 6.45) is 1.04. The first-order chi connectivity index (χ1) is 8.82. The molecule has 0 fully saturated rings. The zero-order chi connectivity index (χ0) is 14.5. The highest BCUT2D eigenvalue weighted by Gasteiger charge is 2.30. The van der Waals surface area contributed by atoms with Crippen LogP contribution in [0.1, 0.15) is 41.0 Å². The fourth-order valence-electron chi connectivity index (χ4n) is 1.40. The second-order valence-corrected chi connectivity index (χ2v) is 12.3. The highest BCUT2D eigenvalue weighted by atomic mass is 32.9. The summed E-state index contributed by atoms with van der Waals surface area (Å²) in [6, 6.07) is 0. The van der Waals surface area contributed by atoms with Crippen molar-refractivity contribution in [1.29, 1.82) is 0 Å². The Kier molecular flexibility index (Phi) is 6.87. The highest BCUT2D eigenvalue weighted by Crippen LogP contribution is 2.61. The quantitative estimate of drug-likeness (QED) is 0.498. The Labute approximate surface area is 129 Å². The molecule has 0 aromatic rings. The largest absolute Gasteiger partial charge is 0.328 e. The minimum absolute atomic E-state index is 0.170. The lowest BCUT2D eigenvalue weighted by Gasteiger charge is -2.17. The monoisotopic (exact) mass is 340 g/mol. The highest BCUT2D eigenvalue weighted by molar-refractivity contribution is 8.67. The zero-order valence-corrected chi connectivity index (χ0v) is 15.3. The van der Waals surface area contributed by atoms with Crippen molar-refractivity contribution in [1.82, 2.24) is 0 Å². The maximum absolute atomic E-state index is 5.59. The summed E-state index contributed by atoms with van der Waals surface area (Å²) in [5, 5.41) is 4.99. The van der Waals surface area contributed by atoms with Crippen LogP contribution in [0.4, 0.5) is 0 Å². The Morgan fingerprint density at radius 1 is 1.47 bits per heavy atom. The van der Waals surface area contributed by atoms with E-state index in [0.717, 1.165) is 22.9 Å². The van der Waals surface area contributed by atoms with Gasteiger partial charge in [0.2, 0.25) is 0 Å². The maximum Gasteiger partial charge on any atom is 0.321 e. The number of thioether (sulfide) groups is 1. The summed E-state index contributed by atoms with van der Waals surface area (Å²) in [4.78, 5) is 4.34. The van der Waals surface area contributed by atoms with Crippen LogP contribution < -0.4 is 0 Å². The first kappa shape index (κ1) is 17.5. The topological polar surface area (TPSA) is 43.2 Å². The Morgan fingerprint density at radius 3 is 2.63 bits per heavy atom. The molecule has 0 aromatic carbocycles. The van der Waals surface area contributed by atoms with E-state index in [1.54, 1.807) is 23.1 Å². The normalized spacial score (nSPS) is 23.2. The van der Waals surface area contributed by atoms with Crippen LogP contribution in [0.2, 0.25) is 0 Å². The van der Waals surface area contributed by atoms with Gasteiger partial charge in [-0.15, -0.1) is 0 Å². The molecule has 1 aliphatic rings. The molecule has 1 unspecified atom stereocenters. The van der Waals surface area contributed by atoms with E-state index in [1.807, 2.05) is 27.7 Å². The van der Waals surface area contributed by atoms with Crippen molar-refractivity contribution in [2.45, 2.75) is 45.9 Å². The van der Waals surface area contributed by atoms with E-state index in [9.17, 15) is 0 Å². The van der Waals surface area contributed by atoms with Crippen LogP contribution in [0.3, 0.4) is 0 Å². The molecule has 0 spiro atoms. The van der Waals surface area contributed by atoms with Crippen LogP contribution in [0.5, 0.6) is 0 Å². The molecule has 110 valence electrons. The minimum atomic E-state index is -2.36. The molecular weight excluding hydrogens is 319 g/mol. The smallest absolute Gasteiger partial charge is 0.321 e. The third-order valence-electron chi connectivity index (χ3n) is 2.06. The van der Waals surface area contributed by atoms with Crippen LogP contribution >= 0.6 is 28.8 Å². The lowest BCUT2D eigenvalue weighted by Crippen LogP contribution is -2.06. The van der Waals surface area contributed by atoms with Crippen molar-refractivity contribution >= 4 is 51.4 Å². The van der Waals surface area contributed by atoms with Gasteiger partial charge in [0, 0.05) is 5.75 Å². The summed E-state index contributed by atoms with van der Waals surface area (Å²) in [5.74, 6) is 0.924. The standard InChI is InChI=1S/C11H21N2O2PS3/c1-6-8-18-16(17,14-7-2)15-13-10-9(3)12-11(4,5)19-10/h6-8H2,1-5H3. The lowest BCUT2D eigenvalue weighted by molar-refractivity contribution is 0.281. The molecule has 1 rings (SSSR count). The number of oxime groups is 1. The van der Waals surface area contributed by atoms with Gasteiger partial charge in [0.1, 0.15) is 4.87 Å². The Hall–Kier alpha value is 0.450. The van der Waals surface area contributed by atoms with Crippen molar-refractivity contribution < 1.29 is 9.15 Å². The molecule has 0 radical (unpaired) electrons. The van der Waals surface area contributed by atoms with E-state index >= 15 is 0 Å². The van der Waals surface area contributed by atoms with E-state index in [0.29, 0.717) is 6.61 Å². The Bertz CT molecular complexity index is 424. The van der Waals surface area contributed by atoms with E-state index in [4.69, 9.17) is 21.0 Å². The molecule has 0 aliphatic carbocycles. The summed E-state index contributed by atoms with van der Waals surface area (Å²) in [5.41, 5.74) is -1.47. The van der Waals surface area contributed by atoms with Gasteiger partial charge in [-0.2, -0.15) is 0 Å². The SMILES string of the molecule is CCCSP(=S)(OCC)ON=C1SC(C)(C)N=C1C. The molecule has 1 heterocycles. The summed E-state index contributed by atoms with van der Waals surface area (Å²) < 4.78 is 11.2. The second-order valence-electron chi connectivity index (χ2n) is 4.42. The molecule has 19 heavy (non-hydrogen) atoms. The van der Waals surface area contributed by atoms with Crippen molar-refractivity contribution in [2.75, 3.05) is 12.4 Å². The first-order valence-electron chi connectivity index (χ1n) is 6.23. The van der Waals surface area contributed by atoms with Gasteiger partial charge in [-0.05, 0) is 45.9 Å². The predicted octanol–water partition coefficient (Wildman–Crippen LogP) is 4.66. The van der Waals surface area contributed by atoms with E-state index in [1.165, 1.54) is 0 Å². The van der Waals surface area contributed by atoms with Crippen molar-refractivity contribution in [3.05, 3.63) is 0 Å². The van der Waals surface area contributed by atoms with Gasteiger partial charge in [-0.3, -0.25) is 4.99 Å². The molecule has 0 saturated heterocycles. The summed E-state index contributed by atoms with van der Waals surface area (Å²) in [6.45, 7) is 10.6. The Balaban J connectivity index is 2.72. The third kappa shape index (κ3) is 5.76. The van der Waals surface area contributed by atoms with Crippen molar-refractivity contribution in [2.24, 2.45) is 10.1 Å². The van der Waals surface area contributed by atoms with Gasteiger partial charge in [0.25, 0.3) is 0 Å². The van der Waals surface area contributed by atoms with Crippen LogP contribution in [-0.4, -0.2) is 28.0 Å². The summed E-state index contributed by atoms with van der Waals surface area (Å²) >= 11 is 8.62. The van der Waals surface area contributed by atoms with Crippen LogP contribution in [0.15, 0.2) is 10.1 Å². The third-order valence-corrected chi connectivity index (χ3v) is 8.45. The molecule has 0 N–H and O–H groups in total. The van der Waals surface area contributed by atoms with Crippen LogP contribution in [0.25, 0.3) is 0 Å². The molecule has 0 amide bonds. The number of aliphatic imine (C=N–C) groups is 1. The number of hydrogen-bond donors (Lipinski definition) is 0. The maximum atomic E-state index is 5.59. The molecule has 0 saturated carbocycles. The summed E-state index contributed by atoms with van der Waals surface area (Å²) in [7, 11) is 0. The minimum Gasteiger partial charge on any atom is -0.328 e. The molecule has 1 atom stereocenters. The van der Waals surface area contributed by atoms with Gasteiger partial charge in [-0.25, -0.2) is 0 Å². The average molecular weight is 340 g/mol. The molecule has 0 bridgehead atoms. The predicted molar refractivity (Wildman–Crippen MR) is 92.0 cm³/mol. The van der Waals surface area contributed by atoms with E-state index in [2.05, 4.69) is 17.1 Å². The van der Waals surface area contributed by atoms with Crippen molar-refractivity contribution in [3.63, 3.8) is 0 Å². The first-order valence-corrected chi connectivity index (χ1v) is 11.3. The fourth-order valence-corrected chi connectivity index (χ4v) is 6.54. The van der Waals surface area contributed by atoms with Gasteiger partial charge >= 0.3 is 5.69 Å². The number of nitrogens with zero attached hydrogens (tertiary/aromatic N) is 2. The molecule has 1 aliphatic heterocycles. The van der Waals surface area contributed by atoms with E-state index in [-0.39, 0.29) is 4.87 Å². The van der Waals surface area contributed by atoms with Gasteiger partial charge in [0.15, 0.2) is 5.04 Å². The van der Waals surface area contributed by atoms with E-state index < -0.39 is 5.69 Å². The van der Waals surface area contributed by atoms with Gasteiger partial charge < -0.3 is 9.15 Å². The second kappa shape index (κ2) is 7.46. The fraction of sp³-hybridized carbons (Fsp3) is 0.818. The van der Waals surface area contributed by atoms with Gasteiger partial charge in [0.05, 0.1) is 12.3 Å². The molecular formula is C11H21N2O2PS3. The van der Waals surface area contributed by atoms with Crippen LogP contribution in [-0.2, 0) is 21.0 Å². The van der Waals surface area contributed by atoms with Crippen molar-refractivity contribution in [3.8, 4) is 0 Å². The number of rotatable bonds is 7. The van der Waals surface area contributed by atoms with Gasteiger partial charge in [-0.1, -0.05) is 35.2 Å². The lowest BCUT2D eigenvalue weighted by atomic mass is 10.4. The van der Waals surface area contributed by atoms with Crippen LogP contribution in [0, 0.1) is 0 Å². The molecule has 4 nitrogen and oxygen atoms in total. The number of hydrogen-bond acceptors (Lipinski definition) is 7.